The van der Waals surface area contributed by atoms with Gasteiger partial charge in [0.2, 0.25) is 0 Å². The fourth-order valence-electron chi connectivity index (χ4n) is 3.41. The predicted octanol–water partition coefficient (Wildman–Crippen LogP) is 3.57. The molecular formula is C17H23NO2. The number of piperidine rings is 1. The van der Waals surface area contributed by atoms with E-state index in [2.05, 4.69) is 29.2 Å². The van der Waals surface area contributed by atoms with Crippen molar-refractivity contribution in [3.05, 3.63) is 35.4 Å². The van der Waals surface area contributed by atoms with E-state index >= 15 is 0 Å². The van der Waals surface area contributed by atoms with E-state index in [0.717, 1.165) is 13.1 Å². The first-order valence-corrected chi connectivity index (χ1v) is 7.80. The number of likely N-dealkylation sites (tertiary alicyclic amines) is 1. The van der Waals surface area contributed by atoms with Gasteiger partial charge in [0.25, 0.3) is 0 Å². The minimum Gasteiger partial charge on any atom is -0.481 e. The van der Waals surface area contributed by atoms with Crippen molar-refractivity contribution in [3.63, 3.8) is 0 Å². The summed E-state index contributed by atoms with van der Waals surface area (Å²) in [6.45, 7) is 2.08. The van der Waals surface area contributed by atoms with Crippen LogP contribution in [0.4, 0.5) is 0 Å². The quantitative estimate of drug-likeness (QED) is 0.891. The molecule has 108 valence electrons. The van der Waals surface area contributed by atoms with Gasteiger partial charge in [0, 0.05) is 6.04 Å². The Kier molecular flexibility index (Phi) is 4.06. The van der Waals surface area contributed by atoms with Gasteiger partial charge in [-0.2, -0.15) is 0 Å². The second-order valence-corrected chi connectivity index (χ2v) is 6.11. The lowest BCUT2D eigenvalue weighted by Gasteiger charge is -2.35. The third-order valence-corrected chi connectivity index (χ3v) is 4.57. The fourth-order valence-corrected chi connectivity index (χ4v) is 3.41. The Labute approximate surface area is 120 Å². The first kappa shape index (κ1) is 13.6. The number of hydrogen-bond donors (Lipinski definition) is 1. The van der Waals surface area contributed by atoms with Crippen LogP contribution in [0.1, 0.15) is 61.6 Å². The number of carboxylic acids is 1. The number of aliphatic carboxylic acids is 1. The van der Waals surface area contributed by atoms with Crippen LogP contribution in [0, 0.1) is 0 Å². The molecule has 1 aliphatic carbocycles. The molecule has 1 aromatic carbocycles. The molecule has 3 nitrogen and oxygen atoms in total. The van der Waals surface area contributed by atoms with Crippen molar-refractivity contribution in [1.29, 1.82) is 0 Å². The molecule has 1 aromatic rings. The first-order valence-electron chi connectivity index (χ1n) is 7.80. The van der Waals surface area contributed by atoms with Crippen molar-refractivity contribution >= 4 is 5.97 Å². The highest BCUT2D eigenvalue weighted by atomic mass is 16.4. The zero-order valence-electron chi connectivity index (χ0n) is 11.9. The van der Waals surface area contributed by atoms with Crippen molar-refractivity contribution in [2.45, 2.75) is 50.5 Å². The molecule has 0 amide bonds. The van der Waals surface area contributed by atoms with Gasteiger partial charge < -0.3 is 5.11 Å². The summed E-state index contributed by atoms with van der Waals surface area (Å²) in [7, 11) is 0. The number of carbonyl (C=O) groups is 1. The standard InChI is InChI=1S/C17H23NO2/c19-17(20)12-16(18-10-4-1-5-11-18)15-7-3-2-6-14(15)13-8-9-13/h2-3,6-7,13,16H,1,4-5,8-12H2,(H,19,20). The van der Waals surface area contributed by atoms with Gasteiger partial charge in [0.15, 0.2) is 0 Å². The van der Waals surface area contributed by atoms with Crippen molar-refractivity contribution < 1.29 is 9.90 Å². The van der Waals surface area contributed by atoms with Crippen LogP contribution in [0.3, 0.4) is 0 Å². The predicted molar refractivity (Wildman–Crippen MR) is 78.8 cm³/mol. The Morgan fingerprint density at radius 2 is 1.90 bits per heavy atom. The summed E-state index contributed by atoms with van der Waals surface area (Å²) >= 11 is 0. The summed E-state index contributed by atoms with van der Waals surface area (Å²) in [6.07, 6.45) is 6.42. The Hall–Kier alpha value is -1.35. The van der Waals surface area contributed by atoms with Gasteiger partial charge in [-0.25, -0.2) is 0 Å². The number of nitrogens with zero attached hydrogens (tertiary/aromatic N) is 1. The van der Waals surface area contributed by atoms with E-state index in [1.165, 1.54) is 43.2 Å². The van der Waals surface area contributed by atoms with Crippen molar-refractivity contribution in [3.8, 4) is 0 Å². The highest BCUT2D eigenvalue weighted by Crippen LogP contribution is 2.44. The van der Waals surface area contributed by atoms with Crippen LogP contribution in [-0.2, 0) is 4.79 Å². The van der Waals surface area contributed by atoms with Crippen LogP contribution >= 0.6 is 0 Å². The smallest absolute Gasteiger partial charge is 0.305 e. The summed E-state index contributed by atoms with van der Waals surface area (Å²) < 4.78 is 0. The van der Waals surface area contributed by atoms with Gasteiger partial charge in [-0.1, -0.05) is 30.7 Å². The van der Waals surface area contributed by atoms with E-state index < -0.39 is 5.97 Å². The highest BCUT2D eigenvalue weighted by Gasteiger charge is 2.31. The molecule has 1 N–H and O–H groups in total. The zero-order valence-corrected chi connectivity index (χ0v) is 11.9. The number of hydrogen-bond acceptors (Lipinski definition) is 2. The zero-order chi connectivity index (χ0) is 13.9. The van der Waals surface area contributed by atoms with Crippen LogP contribution in [0.25, 0.3) is 0 Å². The van der Waals surface area contributed by atoms with E-state index in [-0.39, 0.29) is 12.5 Å². The first-order chi connectivity index (χ1) is 9.75. The average molecular weight is 273 g/mol. The Morgan fingerprint density at radius 1 is 1.20 bits per heavy atom. The monoisotopic (exact) mass is 273 g/mol. The average Bonchev–Trinajstić information content (AvgIpc) is 3.30. The molecule has 0 radical (unpaired) electrons. The molecule has 1 aliphatic heterocycles. The SMILES string of the molecule is O=C(O)CC(c1ccccc1C1CC1)N1CCCCC1. The molecule has 3 heteroatoms. The lowest BCUT2D eigenvalue weighted by molar-refractivity contribution is -0.138. The second kappa shape index (κ2) is 5.96. The maximum absolute atomic E-state index is 11.3. The summed E-state index contributed by atoms with van der Waals surface area (Å²) in [5.74, 6) is -0.0153. The van der Waals surface area contributed by atoms with Gasteiger partial charge in [-0.15, -0.1) is 0 Å². The fraction of sp³-hybridized carbons (Fsp3) is 0.588. The van der Waals surface area contributed by atoms with Gasteiger partial charge in [0.05, 0.1) is 6.42 Å². The van der Waals surface area contributed by atoms with Crippen LogP contribution in [0.5, 0.6) is 0 Å². The van der Waals surface area contributed by atoms with E-state index in [4.69, 9.17) is 0 Å². The maximum atomic E-state index is 11.3. The summed E-state index contributed by atoms with van der Waals surface area (Å²) in [4.78, 5) is 13.7. The second-order valence-electron chi connectivity index (χ2n) is 6.11. The number of benzene rings is 1. The molecule has 20 heavy (non-hydrogen) atoms. The van der Waals surface area contributed by atoms with Crippen LogP contribution in [0.2, 0.25) is 0 Å². The molecule has 2 fully saturated rings. The molecule has 1 unspecified atom stereocenters. The third-order valence-electron chi connectivity index (χ3n) is 4.57. The summed E-state index contributed by atoms with van der Waals surface area (Å²) in [5, 5.41) is 9.29. The highest BCUT2D eigenvalue weighted by molar-refractivity contribution is 5.68. The molecular weight excluding hydrogens is 250 g/mol. The molecule has 0 aromatic heterocycles. The van der Waals surface area contributed by atoms with E-state index in [0.29, 0.717) is 5.92 Å². The van der Waals surface area contributed by atoms with Crippen LogP contribution < -0.4 is 0 Å². The topological polar surface area (TPSA) is 40.5 Å². The normalized spacial score (nSPS) is 21.6. The Balaban J connectivity index is 1.89. The lowest BCUT2D eigenvalue weighted by atomic mass is 9.92. The largest absolute Gasteiger partial charge is 0.481 e. The number of carboxylic acid groups (broad SMARTS) is 1. The van der Waals surface area contributed by atoms with Gasteiger partial charge >= 0.3 is 5.97 Å². The van der Waals surface area contributed by atoms with Gasteiger partial charge in [-0.05, 0) is 55.8 Å². The maximum Gasteiger partial charge on any atom is 0.305 e. The molecule has 1 heterocycles. The van der Waals surface area contributed by atoms with Gasteiger partial charge in [-0.3, -0.25) is 9.69 Å². The lowest BCUT2D eigenvalue weighted by Crippen LogP contribution is -2.35. The Bertz CT molecular complexity index is 476. The summed E-state index contributed by atoms with van der Waals surface area (Å²) in [6, 6.07) is 8.55. The minimum absolute atomic E-state index is 0.0598. The molecule has 2 aliphatic rings. The van der Waals surface area contributed by atoms with E-state index in [9.17, 15) is 9.90 Å². The molecule has 3 rings (SSSR count). The van der Waals surface area contributed by atoms with E-state index in [1.807, 2.05) is 0 Å². The molecule has 0 bridgehead atoms. The van der Waals surface area contributed by atoms with E-state index in [1.54, 1.807) is 0 Å². The molecule has 0 spiro atoms. The van der Waals surface area contributed by atoms with Crippen LogP contribution in [0.15, 0.2) is 24.3 Å². The Morgan fingerprint density at radius 3 is 2.55 bits per heavy atom. The van der Waals surface area contributed by atoms with Gasteiger partial charge in [0.1, 0.15) is 0 Å². The molecule has 1 saturated heterocycles. The van der Waals surface area contributed by atoms with Crippen molar-refractivity contribution in [1.82, 2.24) is 4.90 Å². The molecule has 1 saturated carbocycles. The van der Waals surface area contributed by atoms with Crippen LogP contribution in [-0.4, -0.2) is 29.1 Å². The summed E-state index contributed by atoms with van der Waals surface area (Å²) in [5.41, 5.74) is 2.66. The third kappa shape index (κ3) is 3.04. The molecule has 1 atom stereocenters. The van der Waals surface area contributed by atoms with Crippen molar-refractivity contribution in [2.24, 2.45) is 0 Å². The van der Waals surface area contributed by atoms with Crippen molar-refractivity contribution in [2.75, 3.05) is 13.1 Å². The minimum atomic E-state index is -0.689. The number of rotatable bonds is 5.